The van der Waals surface area contributed by atoms with Crippen molar-refractivity contribution in [3.05, 3.63) is 39.7 Å². The first kappa shape index (κ1) is 14.4. The van der Waals surface area contributed by atoms with E-state index in [0.717, 1.165) is 46.5 Å². The van der Waals surface area contributed by atoms with Crippen LogP contribution in [0.25, 0.3) is 11.4 Å². The van der Waals surface area contributed by atoms with E-state index in [4.69, 9.17) is 0 Å². The first-order valence-corrected chi connectivity index (χ1v) is 7.96. The zero-order valence-electron chi connectivity index (χ0n) is 12.1. The highest BCUT2D eigenvalue weighted by atomic mass is 79.9. The van der Waals surface area contributed by atoms with Crippen LogP contribution in [0.1, 0.15) is 36.9 Å². The lowest BCUT2D eigenvalue weighted by Gasteiger charge is -2.12. The molecule has 0 aliphatic heterocycles. The predicted molar refractivity (Wildman–Crippen MR) is 86.0 cm³/mol. The molecule has 1 heterocycles. The topological polar surface area (TPSA) is 37.8 Å². The predicted octanol–water partition coefficient (Wildman–Crippen LogP) is 4.66. The van der Waals surface area contributed by atoms with Crippen molar-refractivity contribution in [2.75, 3.05) is 11.9 Å². The van der Waals surface area contributed by atoms with Crippen LogP contribution < -0.4 is 5.32 Å². The van der Waals surface area contributed by atoms with Crippen LogP contribution in [-0.4, -0.2) is 16.5 Å². The van der Waals surface area contributed by atoms with Gasteiger partial charge in [0.05, 0.1) is 10.2 Å². The molecule has 1 aliphatic rings. The number of aryl methyl sites for hydroxylation is 1. The summed E-state index contributed by atoms with van der Waals surface area (Å²) in [6.45, 7) is 4.68. The van der Waals surface area contributed by atoms with Crippen molar-refractivity contribution in [2.45, 2.75) is 32.6 Å². The first-order valence-electron chi connectivity index (χ1n) is 7.17. The highest BCUT2D eigenvalue weighted by Gasteiger charge is 2.29. The van der Waals surface area contributed by atoms with Crippen molar-refractivity contribution >= 4 is 21.7 Å². The van der Waals surface area contributed by atoms with Crippen molar-refractivity contribution in [1.82, 2.24) is 9.97 Å². The first-order chi connectivity index (χ1) is 10.1. The molecule has 0 bridgehead atoms. The van der Waals surface area contributed by atoms with E-state index in [0.29, 0.717) is 11.7 Å². The number of aromatic nitrogens is 2. The molecule has 1 saturated carbocycles. The summed E-state index contributed by atoms with van der Waals surface area (Å²) in [7, 11) is 0. The molecule has 2 aromatic rings. The second-order valence-corrected chi connectivity index (χ2v) is 6.21. The molecule has 1 aromatic heterocycles. The van der Waals surface area contributed by atoms with Crippen LogP contribution in [0.2, 0.25) is 0 Å². The van der Waals surface area contributed by atoms with Gasteiger partial charge >= 0.3 is 0 Å². The van der Waals surface area contributed by atoms with Gasteiger partial charge < -0.3 is 5.32 Å². The van der Waals surface area contributed by atoms with Crippen molar-refractivity contribution < 1.29 is 4.39 Å². The number of hydrogen-bond acceptors (Lipinski definition) is 3. The summed E-state index contributed by atoms with van der Waals surface area (Å²) >= 11 is 3.60. The number of rotatable bonds is 4. The fraction of sp³-hybridized carbons (Fsp3) is 0.375. The average Bonchev–Trinajstić information content (AvgIpc) is 3.24. The number of nitrogens with one attached hydrogen (secondary N) is 1. The molecule has 1 N–H and O–H groups in total. The van der Waals surface area contributed by atoms with E-state index in [1.54, 1.807) is 0 Å². The number of hydrogen-bond donors (Lipinski definition) is 1. The van der Waals surface area contributed by atoms with Crippen LogP contribution >= 0.6 is 15.9 Å². The smallest absolute Gasteiger partial charge is 0.161 e. The Bertz CT molecular complexity index is 663. The Kier molecular flexibility index (Phi) is 3.93. The van der Waals surface area contributed by atoms with Crippen LogP contribution in [0, 0.1) is 12.7 Å². The number of benzene rings is 1. The van der Waals surface area contributed by atoms with Crippen LogP contribution in [0.5, 0.6) is 0 Å². The molecule has 0 radical (unpaired) electrons. The highest BCUT2D eigenvalue weighted by Crippen LogP contribution is 2.44. The van der Waals surface area contributed by atoms with E-state index < -0.39 is 0 Å². The molecule has 1 fully saturated rings. The molecule has 5 heteroatoms. The van der Waals surface area contributed by atoms with Gasteiger partial charge in [-0.1, -0.05) is 0 Å². The van der Waals surface area contributed by atoms with Gasteiger partial charge in [0.25, 0.3) is 0 Å². The largest absolute Gasteiger partial charge is 0.369 e. The van der Waals surface area contributed by atoms with Gasteiger partial charge in [0, 0.05) is 18.0 Å². The highest BCUT2D eigenvalue weighted by molar-refractivity contribution is 9.10. The van der Waals surface area contributed by atoms with Crippen LogP contribution in [-0.2, 0) is 0 Å². The fourth-order valence-electron chi connectivity index (χ4n) is 2.37. The molecule has 0 unspecified atom stereocenters. The zero-order chi connectivity index (χ0) is 15.0. The second kappa shape index (κ2) is 5.72. The Morgan fingerprint density at radius 2 is 2.05 bits per heavy atom. The second-order valence-electron chi connectivity index (χ2n) is 5.42. The summed E-state index contributed by atoms with van der Waals surface area (Å²) in [6.07, 6.45) is 2.31. The average molecular weight is 350 g/mol. The molecule has 21 heavy (non-hydrogen) atoms. The summed E-state index contributed by atoms with van der Waals surface area (Å²) in [6, 6.07) is 4.91. The fourth-order valence-corrected chi connectivity index (χ4v) is 3.01. The minimum absolute atomic E-state index is 0.255. The van der Waals surface area contributed by atoms with Gasteiger partial charge in [0.1, 0.15) is 11.6 Å². The monoisotopic (exact) mass is 349 g/mol. The van der Waals surface area contributed by atoms with Crippen LogP contribution in [0.15, 0.2) is 22.7 Å². The Morgan fingerprint density at radius 3 is 2.67 bits per heavy atom. The maximum Gasteiger partial charge on any atom is 0.161 e. The van der Waals surface area contributed by atoms with Gasteiger partial charge in [-0.3, -0.25) is 0 Å². The lowest BCUT2D eigenvalue weighted by Crippen LogP contribution is -2.06. The maximum atomic E-state index is 13.6. The quantitative estimate of drug-likeness (QED) is 0.871. The molecular formula is C16H17BrFN3. The minimum atomic E-state index is -0.255. The van der Waals surface area contributed by atoms with Gasteiger partial charge in [-0.25, -0.2) is 14.4 Å². The van der Waals surface area contributed by atoms with E-state index >= 15 is 0 Å². The van der Waals surface area contributed by atoms with Crippen molar-refractivity contribution in [3.8, 4) is 11.4 Å². The Morgan fingerprint density at radius 1 is 1.29 bits per heavy atom. The molecule has 0 spiro atoms. The molecule has 0 atom stereocenters. The molecule has 3 rings (SSSR count). The van der Waals surface area contributed by atoms with Gasteiger partial charge in [-0.15, -0.1) is 0 Å². The molecule has 3 nitrogen and oxygen atoms in total. The van der Waals surface area contributed by atoms with Gasteiger partial charge in [-0.05, 0) is 66.4 Å². The van der Waals surface area contributed by atoms with E-state index in [9.17, 15) is 4.39 Å². The Hall–Kier alpha value is -1.49. The van der Waals surface area contributed by atoms with Gasteiger partial charge in [0.2, 0.25) is 0 Å². The molecule has 110 valence electrons. The summed E-state index contributed by atoms with van der Waals surface area (Å²) < 4.78 is 14.6. The Balaban J connectivity index is 2.12. The van der Waals surface area contributed by atoms with Crippen LogP contribution in [0.4, 0.5) is 10.2 Å². The lowest BCUT2D eigenvalue weighted by atomic mass is 10.1. The summed E-state index contributed by atoms with van der Waals surface area (Å²) in [5.41, 5.74) is 2.62. The number of anilines is 1. The van der Waals surface area contributed by atoms with Crippen molar-refractivity contribution in [1.29, 1.82) is 0 Å². The van der Waals surface area contributed by atoms with Crippen LogP contribution in [0.3, 0.4) is 0 Å². The van der Waals surface area contributed by atoms with E-state index in [1.165, 1.54) is 12.1 Å². The van der Waals surface area contributed by atoms with E-state index in [2.05, 4.69) is 31.2 Å². The SMILES string of the molecule is CCNc1nc(-c2cc(C)cc(F)c2)nc(C2CC2)c1Br. The zero-order valence-corrected chi connectivity index (χ0v) is 13.7. The lowest BCUT2D eigenvalue weighted by molar-refractivity contribution is 0.627. The molecule has 1 aliphatic carbocycles. The van der Waals surface area contributed by atoms with Gasteiger partial charge in [-0.2, -0.15) is 0 Å². The molecule has 0 saturated heterocycles. The summed E-state index contributed by atoms with van der Waals surface area (Å²) in [5, 5.41) is 3.25. The number of nitrogens with zero attached hydrogens (tertiary/aromatic N) is 2. The Labute approximate surface area is 132 Å². The van der Waals surface area contributed by atoms with E-state index in [1.807, 2.05) is 19.9 Å². The number of halogens is 2. The minimum Gasteiger partial charge on any atom is -0.369 e. The standard InChI is InChI=1S/C16H17BrFN3/c1-3-19-16-13(17)14(10-4-5-10)20-15(21-16)11-6-9(2)7-12(18)8-11/h6-8,10H,3-5H2,1-2H3,(H,19,20,21). The van der Waals surface area contributed by atoms with Crippen molar-refractivity contribution in [2.24, 2.45) is 0 Å². The maximum absolute atomic E-state index is 13.6. The van der Waals surface area contributed by atoms with E-state index in [-0.39, 0.29) is 5.82 Å². The normalized spacial score (nSPS) is 14.3. The summed E-state index contributed by atoms with van der Waals surface area (Å²) in [4.78, 5) is 9.21. The third-order valence-electron chi connectivity index (χ3n) is 3.49. The third kappa shape index (κ3) is 3.07. The molecule has 1 aromatic carbocycles. The third-order valence-corrected chi connectivity index (χ3v) is 4.27. The van der Waals surface area contributed by atoms with Crippen molar-refractivity contribution in [3.63, 3.8) is 0 Å². The molecule has 0 amide bonds. The van der Waals surface area contributed by atoms with Gasteiger partial charge in [0.15, 0.2) is 5.82 Å². The summed E-state index contributed by atoms with van der Waals surface area (Å²) in [5.74, 6) is 1.60. The molecular weight excluding hydrogens is 333 g/mol.